The smallest absolute Gasteiger partial charge is 0.255 e. The van der Waals surface area contributed by atoms with Crippen LogP contribution in [0.2, 0.25) is 0 Å². The minimum Gasteiger partial charge on any atom is -0.507 e. The molecule has 1 aliphatic heterocycles. The van der Waals surface area contributed by atoms with Crippen molar-refractivity contribution in [1.29, 1.82) is 0 Å². The van der Waals surface area contributed by atoms with E-state index < -0.39 is 0 Å². The van der Waals surface area contributed by atoms with Gasteiger partial charge in [-0.25, -0.2) is 0 Å². The molecule has 1 saturated heterocycles. The van der Waals surface area contributed by atoms with Gasteiger partial charge in [0, 0.05) is 11.1 Å². The van der Waals surface area contributed by atoms with E-state index in [2.05, 4.69) is 21.2 Å². The number of hydrogen-bond acceptors (Lipinski definition) is 3. The van der Waals surface area contributed by atoms with Crippen LogP contribution in [0.5, 0.6) is 5.75 Å². The molecule has 98 valence electrons. The normalized spacial score (nSPS) is 23.7. The Balaban J connectivity index is 2.14. The van der Waals surface area contributed by atoms with Gasteiger partial charge in [0.05, 0.1) is 17.7 Å². The van der Waals surface area contributed by atoms with Gasteiger partial charge in [-0.2, -0.15) is 0 Å². The lowest BCUT2D eigenvalue weighted by molar-refractivity contribution is 0.0272. The molecule has 1 aromatic carbocycles. The first-order chi connectivity index (χ1) is 8.50. The SMILES string of the molecule is CC1(NC(=O)c2cc(Br)ccc2O)CCCOC1. The number of benzene rings is 1. The highest BCUT2D eigenvalue weighted by atomic mass is 79.9. The molecule has 1 amide bonds. The van der Waals surface area contributed by atoms with E-state index in [0.29, 0.717) is 6.61 Å². The molecule has 0 aliphatic carbocycles. The summed E-state index contributed by atoms with van der Waals surface area (Å²) < 4.78 is 6.15. The number of hydrogen-bond donors (Lipinski definition) is 2. The van der Waals surface area contributed by atoms with Gasteiger partial charge in [-0.1, -0.05) is 15.9 Å². The summed E-state index contributed by atoms with van der Waals surface area (Å²) in [7, 11) is 0. The van der Waals surface area contributed by atoms with Crippen molar-refractivity contribution in [3.8, 4) is 5.75 Å². The van der Waals surface area contributed by atoms with E-state index >= 15 is 0 Å². The van der Waals surface area contributed by atoms with Crippen molar-refractivity contribution in [2.24, 2.45) is 0 Å². The molecule has 0 saturated carbocycles. The molecule has 1 aromatic rings. The molecule has 0 aromatic heterocycles. The Morgan fingerprint density at radius 2 is 2.33 bits per heavy atom. The van der Waals surface area contributed by atoms with Crippen molar-refractivity contribution in [3.63, 3.8) is 0 Å². The minimum absolute atomic E-state index is 0.0176. The predicted octanol–water partition coefficient (Wildman–Crippen LogP) is 2.45. The van der Waals surface area contributed by atoms with Gasteiger partial charge in [-0.3, -0.25) is 4.79 Å². The lowest BCUT2D eigenvalue weighted by Crippen LogP contribution is -2.51. The molecule has 0 bridgehead atoms. The molecule has 2 N–H and O–H groups in total. The summed E-state index contributed by atoms with van der Waals surface area (Å²) in [5.41, 5.74) is -0.0828. The highest BCUT2D eigenvalue weighted by Crippen LogP contribution is 2.24. The zero-order chi connectivity index (χ0) is 13.2. The molecular formula is C13H16BrNO3. The third-order valence-corrected chi connectivity index (χ3v) is 3.55. The fraction of sp³-hybridized carbons (Fsp3) is 0.462. The average Bonchev–Trinajstić information content (AvgIpc) is 2.32. The zero-order valence-corrected chi connectivity index (χ0v) is 11.8. The van der Waals surface area contributed by atoms with E-state index in [9.17, 15) is 9.90 Å². The molecule has 1 aliphatic rings. The van der Waals surface area contributed by atoms with Crippen LogP contribution in [-0.2, 0) is 4.74 Å². The maximum Gasteiger partial charge on any atom is 0.255 e. The molecule has 2 rings (SSSR count). The largest absolute Gasteiger partial charge is 0.507 e. The topological polar surface area (TPSA) is 58.6 Å². The summed E-state index contributed by atoms with van der Waals surface area (Å²) in [5, 5.41) is 12.6. The van der Waals surface area contributed by atoms with Crippen LogP contribution in [0.25, 0.3) is 0 Å². The summed E-state index contributed by atoms with van der Waals surface area (Å²) in [4.78, 5) is 12.1. The van der Waals surface area contributed by atoms with Crippen molar-refractivity contribution >= 4 is 21.8 Å². The predicted molar refractivity (Wildman–Crippen MR) is 71.7 cm³/mol. The first kappa shape index (κ1) is 13.4. The van der Waals surface area contributed by atoms with Crippen LogP contribution in [0, 0.1) is 0 Å². The first-order valence-corrected chi connectivity index (χ1v) is 6.68. The third-order valence-electron chi connectivity index (χ3n) is 3.06. The molecule has 1 heterocycles. The van der Waals surface area contributed by atoms with E-state index in [1.165, 1.54) is 6.07 Å². The van der Waals surface area contributed by atoms with Crippen LogP contribution in [0.3, 0.4) is 0 Å². The Labute approximate surface area is 114 Å². The molecule has 1 fully saturated rings. The first-order valence-electron chi connectivity index (χ1n) is 5.89. The van der Waals surface area contributed by atoms with Crippen LogP contribution >= 0.6 is 15.9 Å². The third kappa shape index (κ3) is 3.03. The lowest BCUT2D eigenvalue weighted by Gasteiger charge is -2.34. The summed E-state index contributed by atoms with van der Waals surface area (Å²) in [6.45, 7) is 3.21. The monoisotopic (exact) mass is 313 g/mol. The molecule has 18 heavy (non-hydrogen) atoms. The van der Waals surface area contributed by atoms with Gasteiger partial charge in [-0.05, 0) is 38.0 Å². The van der Waals surface area contributed by atoms with Crippen LogP contribution in [0.1, 0.15) is 30.1 Å². The average molecular weight is 314 g/mol. The fourth-order valence-electron chi connectivity index (χ4n) is 2.06. The Kier molecular flexibility index (Phi) is 3.92. The number of rotatable bonds is 2. The lowest BCUT2D eigenvalue weighted by atomic mass is 9.94. The Hall–Kier alpha value is -1.07. The Morgan fingerprint density at radius 1 is 1.56 bits per heavy atom. The summed E-state index contributed by atoms with van der Waals surface area (Å²) in [6, 6.07) is 4.80. The van der Waals surface area contributed by atoms with E-state index in [0.717, 1.165) is 23.9 Å². The summed E-state index contributed by atoms with van der Waals surface area (Å²) in [5.74, 6) is -0.294. The van der Waals surface area contributed by atoms with Crippen molar-refractivity contribution < 1.29 is 14.6 Å². The van der Waals surface area contributed by atoms with Crippen molar-refractivity contribution in [1.82, 2.24) is 5.32 Å². The van der Waals surface area contributed by atoms with Gasteiger partial charge in [0.25, 0.3) is 5.91 Å². The molecular weight excluding hydrogens is 298 g/mol. The molecule has 0 spiro atoms. The van der Waals surface area contributed by atoms with Gasteiger partial charge in [0.15, 0.2) is 0 Å². The maximum absolute atomic E-state index is 12.1. The van der Waals surface area contributed by atoms with Crippen LogP contribution < -0.4 is 5.32 Å². The fourth-order valence-corrected chi connectivity index (χ4v) is 2.43. The standard InChI is InChI=1S/C13H16BrNO3/c1-13(5-2-6-18-8-13)15-12(17)10-7-9(14)3-4-11(10)16/h3-4,7,16H,2,5-6,8H2,1H3,(H,15,17). The van der Waals surface area contributed by atoms with Gasteiger partial charge in [-0.15, -0.1) is 0 Å². The number of carbonyl (C=O) groups excluding carboxylic acids is 1. The van der Waals surface area contributed by atoms with Gasteiger partial charge in [0.2, 0.25) is 0 Å². The van der Waals surface area contributed by atoms with Crippen molar-refractivity contribution in [2.75, 3.05) is 13.2 Å². The van der Waals surface area contributed by atoms with E-state index in [4.69, 9.17) is 4.74 Å². The van der Waals surface area contributed by atoms with Gasteiger partial charge >= 0.3 is 0 Å². The highest BCUT2D eigenvalue weighted by Gasteiger charge is 2.30. The van der Waals surface area contributed by atoms with Crippen LogP contribution in [0.4, 0.5) is 0 Å². The Morgan fingerprint density at radius 3 is 3.00 bits per heavy atom. The highest BCUT2D eigenvalue weighted by molar-refractivity contribution is 9.10. The second kappa shape index (κ2) is 5.28. The van der Waals surface area contributed by atoms with Gasteiger partial charge in [0.1, 0.15) is 5.75 Å². The zero-order valence-electron chi connectivity index (χ0n) is 10.2. The maximum atomic E-state index is 12.1. The van der Waals surface area contributed by atoms with Gasteiger partial charge < -0.3 is 15.2 Å². The second-order valence-electron chi connectivity index (χ2n) is 4.83. The number of nitrogens with one attached hydrogen (secondary N) is 1. The minimum atomic E-state index is -0.357. The van der Waals surface area contributed by atoms with Crippen LogP contribution in [-0.4, -0.2) is 29.8 Å². The van der Waals surface area contributed by atoms with E-state index in [-0.39, 0.29) is 22.8 Å². The number of ether oxygens (including phenoxy) is 1. The van der Waals surface area contributed by atoms with Crippen molar-refractivity contribution in [2.45, 2.75) is 25.3 Å². The number of phenols is 1. The number of phenolic OH excluding ortho intramolecular Hbond substituents is 1. The molecule has 5 heteroatoms. The second-order valence-corrected chi connectivity index (χ2v) is 5.75. The molecule has 1 atom stereocenters. The van der Waals surface area contributed by atoms with Crippen LogP contribution in [0.15, 0.2) is 22.7 Å². The molecule has 1 unspecified atom stereocenters. The Bertz CT molecular complexity index is 456. The number of carbonyl (C=O) groups is 1. The molecule has 4 nitrogen and oxygen atoms in total. The van der Waals surface area contributed by atoms with Crippen molar-refractivity contribution in [3.05, 3.63) is 28.2 Å². The number of amides is 1. The molecule has 0 radical (unpaired) electrons. The number of halogens is 1. The number of aromatic hydroxyl groups is 1. The van der Waals surface area contributed by atoms with E-state index in [1.54, 1.807) is 12.1 Å². The van der Waals surface area contributed by atoms with E-state index in [1.807, 2.05) is 6.92 Å². The summed E-state index contributed by atoms with van der Waals surface area (Å²) >= 11 is 3.29. The summed E-state index contributed by atoms with van der Waals surface area (Å²) in [6.07, 6.45) is 1.81. The quantitative estimate of drug-likeness (QED) is 0.881.